The first kappa shape index (κ1) is 19.3. The molecule has 0 saturated heterocycles. The largest absolute Gasteiger partial charge is 0.474 e. The first-order valence-corrected chi connectivity index (χ1v) is 9.40. The summed E-state index contributed by atoms with van der Waals surface area (Å²) in [5, 5.41) is 4.44. The molecule has 1 aliphatic carbocycles. The van der Waals surface area contributed by atoms with E-state index in [0.717, 1.165) is 12.1 Å². The number of aromatic nitrogens is 3. The van der Waals surface area contributed by atoms with E-state index in [1.54, 1.807) is 11.6 Å². The van der Waals surface area contributed by atoms with Crippen LogP contribution < -0.4 is 9.47 Å². The van der Waals surface area contributed by atoms with Crippen LogP contribution in [0.2, 0.25) is 0 Å². The summed E-state index contributed by atoms with van der Waals surface area (Å²) in [7, 11) is 0. The van der Waals surface area contributed by atoms with Crippen molar-refractivity contribution in [3.05, 3.63) is 59.4 Å². The van der Waals surface area contributed by atoms with E-state index in [1.165, 1.54) is 30.5 Å². The third-order valence-corrected chi connectivity index (χ3v) is 4.75. The summed E-state index contributed by atoms with van der Waals surface area (Å²) in [6.45, 7) is 3.98. The van der Waals surface area contributed by atoms with E-state index in [2.05, 4.69) is 10.1 Å². The molecule has 1 saturated carbocycles. The van der Waals surface area contributed by atoms with Gasteiger partial charge < -0.3 is 9.47 Å². The van der Waals surface area contributed by atoms with Crippen LogP contribution in [-0.4, -0.2) is 21.4 Å². The maximum Gasteiger partial charge on any atom is 0.416 e. The zero-order chi connectivity index (χ0) is 20.6. The normalized spacial score (nSPS) is 14.1. The third-order valence-electron chi connectivity index (χ3n) is 4.75. The molecule has 0 unspecified atom stereocenters. The first-order chi connectivity index (χ1) is 13.9. The van der Waals surface area contributed by atoms with Crippen LogP contribution in [0.3, 0.4) is 0 Å². The lowest BCUT2D eigenvalue weighted by molar-refractivity contribution is -0.137. The highest BCUT2D eigenvalue weighted by atomic mass is 19.4. The Balaban J connectivity index is 1.63. The molecule has 3 aromatic rings. The lowest BCUT2D eigenvalue weighted by Crippen LogP contribution is -2.04. The van der Waals surface area contributed by atoms with Gasteiger partial charge in [-0.15, -0.1) is 5.10 Å². The zero-order valence-electron chi connectivity index (χ0n) is 16.0. The number of pyridine rings is 1. The van der Waals surface area contributed by atoms with E-state index >= 15 is 0 Å². The minimum Gasteiger partial charge on any atom is -0.474 e. The number of alkyl halides is 3. The summed E-state index contributed by atoms with van der Waals surface area (Å²) >= 11 is 0. The molecule has 152 valence electrons. The lowest BCUT2D eigenvalue weighted by Gasteiger charge is -2.10. The van der Waals surface area contributed by atoms with Crippen LogP contribution in [0.4, 0.5) is 13.2 Å². The van der Waals surface area contributed by atoms with Gasteiger partial charge >= 0.3 is 6.18 Å². The topological polar surface area (TPSA) is 49.2 Å². The van der Waals surface area contributed by atoms with Crippen molar-refractivity contribution in [2.24, 2.45) is 0 Å². The summed E-state index contributed by atoms with van der Waals surface area (Å²) in [5.41, 5.74) is 1.12. The Morgan fingerprint density at radius 3 is 2.38 bits per heavy atom. The average molecular weight is 403 g/mol. The van der Waals surface area contributed by atoms with Crippen molar-refractivity contribution >= 4 is 0 Å². The van der Waals surface area contributed by atoms with Crippen molar-refractivity contribution in [1.82, 2.24) is 14.8 Å². The summed E-state index contributed by atoms with van der Waals surface area (Å²) < 4.78 is 51.3. The van der Waals surface area contributed by atoms with Gasteiger partial charge in [-0.3, -0.25) is 0 Å². The van der Waals surface area contributed by atoms with Crippen molar-refractivity contribution in [1.29, 1.82) is 0 Å². The Hall–Kier alpha value is -3.03. The number of halogens is 3. The van der Waals surface area contributed by atoms with Crippen LogP contribution in [0, 0.1) is 6.92 Å². The molecular formula is C21H20F3N3O2. The molecule has 8 heteroatoms. The van der Waals surface area contributed by atoms with Crippen molar-refractivity contribution in [2.45, 2.75) is 38.8 Å². The molecule has 1 aromatic carbocycles. The molecule has 2 heterocycles. The molecule has 1 aliphatic rings. The summed E-state index contributed by atoms with van der Waals surface area (Å²) in [5.74, 6) is 2.10. The lowest BCUT2D eigenvalue weighted by atomic mass is 10.2. The number of hydrogen-bond donors (Lipinski definition) is 0. The highest BCUT2D eigenvalue weighted by molar-refractivity contribution is 5.45. The van der Waals surface area contributed by atoms with Crippen molar-refractivity contribution in [3.63, 3.8) is 0 Å². The van der Waals surface area contributed by atoms with Gasteiger partial charge in [0, 0.05) is 6.20 Å². The molecule has 0 aliphatic heterocycles. The van der Waals surface area contributed by atoms with E-state index < -0.39 is 11.7 Å². The van der Waals surface area contributed by atoms with E-state index in [1.807, 2.05) is 25.3 Å². The van der Waals surface area contributed by atoms with Gasteiger partial charge in [0.15, 0.2) is 5.82 Å². The molecule has 1 fully saturated rings. The van der Waals surface area contributed by atoms with Crippen molar-refractivity contribution in [2.75, 3.05) is 6.61 Å². The fourth-order valence-corrected chi connectivity index (χ4v) is 3.04. The molecule has 0 atom stereocenters. The van der Waals surface area contributed by atoms with Gasteiger partial charge in [0.1, 0.15) is 5.75 Å². The maximum absolute atomic E-state index is 12.8. The van der Waals surface area contributed by atoms with Crippen LogP contribution in [0.5, 0.6) is 17.4 Å². The second-order valence-electron chi connectivity index (χ2n) is 6.91. The van der Waals surface area contributed by atoms with Gasteiger partial charge in [-0.2, -0.15) is 13.2 Å². The van der Waals surface area contributed by atoms with Crippen LogP contribution >= 0.6 is 0 Å². The molecule has 0 radical (unpaired) electrons. The smallest absolute Gasteiger partial charge is 0.416 e. The summed E-state index contributed by atoms with van der Waals surface area (Å²) in [6.07, 6.45) is -0.151. The summed E-state index contributed by atoms with van der Waals surface area (Å²) in [6, 6.07) is 8.44. The van der Waals surface area contributed by atoms with Gasteiger partial charge in [-0.1, -0.05) is 6.07 Å². The number of benzene rings is 1. The molecule has 0 amide bonds. The van der Waals surface area contributed by atoms with E-state index in [4.69, 9.17) is 9.47 Å². The van der Waals surface area contributed by atoms with Gasteiger partial charge in [0.25, 0.3) is 5.88 Å². The Kier molecular flexibility index (Phi) is 4.94. The monoisotopic (exact) mass is 403 g/mol. The SMILES string of the molecule is CCOc1nn(-c2ccc(C3CC3)cn2)c(C)c1Oc1ccc(C(F)(F)F)cc1. The van der Waals surface area contributed by atoms with Crippen LogP contribution in [0.25, 0.3) is 5.82 Å². The molecule has 4 rings (SSSR count). The second kappa shape index (κ2) is 7.42. The van der Waals surface area contributed by atoms with E-state index in [0.29, 0.717) is 29.8 Å². The first-order valence-electron chi connectivity index (χ1n) is 9.40. The van der Waals surface area contributed by atoms with E-state index in [9.17, 15) is 13.2 Å². The third kappa shape index (κ3) is 4.06. The molecule has 0 N–H and O–H groups in total. The fourth-order valence-electron chi connectivity index (χ4n) is 3.04. The van der Waals surface area contributed by atoms with Gasteiger partial charge in [-0.05, 0) is 68.5 Å². The number of hydrogen-bond acceptors (Lipinski definition) is 4. The molecule has 2 aromatic heterocycles. The molecule has 0 spiro atoms. The fraction of sp³-hybridized carbons (Fsp3) is 0.333. The van der Waals surface area contributed by atoms with Gasteiger partial charge in [-0.25, -0.2) is 9.67 Å². The number of nitrogens with zero attached hydrogens (tertiary/aromatic N) is 3. The Bertz CT molecular complexity index is 992. The molecule has 5 nitrogen and oxygen atoms in total. The van der Waals surface area contributed by atoms with Crippen LogP contribution in [0.15, 0.2) is 42.6 Å². The number of rotatable bonds is 6. The quantitative estimate of drug-likeness (QED) is 0.533. The predicted octanol–water partition coefficient (Wildman–Crippen LogP) is 5.66. The Labute approximate surface area is 166 Å². The Morgan fingerprint density at radius 1 is 1.10 bits per heavy atom. The maximum atomic E-state index is 12.8. The minimum absolute atomic E-state index is 0.262. The predicted molar refractivity (Wildman–Crippen MR) is 101 cm³/mol. The highest BCUT2D eigenvalue weighted by Gasteiger charge is 2.30. The van der Waals surface area contributed by atoms with Crippen molar-refractivity contribution in [3.8, 4) is 23.2 Å². The van der Waals surface area contributed by atoms with E-state index in [-0.39, 0.29) is 11.6 Å². The van der Waals surface area contributed by atoms with Gasteiger partial charge in [0.05, 0.1) is 17.9 Å². The molecular weight excluding hydrogens is 383 g/mol. The molecule has 29 heavy (non-hydrogen) atoms. The van der Waals surface area contributed by atoms with Gasteiger partial charge in [0.2, 0.25) is 5.75 Å². The summed E-state index contributed by atoms with van der Waals surface area (Å²) in [4.78, 5) is 4.50. The van der Waals surface area contributed by atoms with Crippen molar-refractivity contribution < 1.29 is 22.6 Å². The second-order valence-corrected chi connectivity index (χ2v) is 6.91. The zero-order valence-corrected chi connectivity index (χ0v) is 16.0. The molecule has 0 bridgehead atoms. The van der Waals surface area contributed by atoms with Crippen LogP contribution in [0.1, 0.15) is 42.5 Å². The minimum atomic E-state index is -4.39. The van der Waals surface area contributed by atoms with Crippen LogP contribution in [-0.2, 0) is 6.18 Å². The number of ether oxygens (including phenoxy) is 2. The Morgan fingerprint density at radius 2 is 1.83 bits per heavy atom. The standard InChI is InChI=1S/C21H20F3N3O2/c1-3-28-20-19(29-17-9-7-16(8-10-17)21(22,23)24)13(2)27(26-20)18-11-6-15(12-25-18)14-4-5-14/h6-12,14H,3-5H2,1-2H3. The average Bonchev–Trinajstić information content (AvgIpc) is 3.50. The highest BCUT2D eigenvalue weighted by Crippen LogP contribution is 2.40.